The second-order valence-corrected chi connectivity index (χ2v) is 8.47. The Morgan fingerprint density at radius 2 is 1.70 bits per heavy atom. The topological polar surface area (TPSA) is 66.8 Å². The lowest BCUT2D eigenvalue weighted by molar-refractivity contribution is -0.133. The van der Waals surface area contributed by atoms with E-state index in [4.69, 9.17) is 4.74 Å². The Morgan fingerprint density at radius 3 is 2.39 bits per heavy atom. The highest BCUT2D eigenvalue weighted by molar-refractivity contribution is 7.99. The molecule has 3 aromatic carbocycles. The number of benzene rings is 3. The predicted octanol–water partition coefficient (Wildman–Crippen LogP) is 5.29. The van der Waals surface area contributed by atoms with Crippen LogP contribution in [0.3, 0.4) is 0 Å². The number of hydrogen-bond donors (Lipinski definition) is 1. The Morgan fingerprint density at radius 1 is 1.00 bits per heavy atom. The number of carbonyl (C=O) groups is 2. The zero-order valence-electron chi connectivity index (χ0n) is 18.4. The number of nitrogens with zero attached hydrogens (tertiary/aromatic N) is 1. The van der Waals surface area contributed by atoms with Crippen LogP contribution >= 0.6 is 11.8 Å². The molecule has 5 nitrogen and oxygen atoms in total. The molecule has 0 aliphatic rings. The number of ether oxygens (including phenoxy) is 1. The lowest BCUT2D eigenvalue weighted by Gasteiger charge is -2.21. The largest absolute Gasteiger partial charge is 0.484 e. The zero-order valence-corrected chi connectivity index (χ0v) is 19.2. The van der Waals surface area contributed by atoms with Gasteiger partial charge >= 0.3 is 5.97 Å². The Bertz CT molecular complexity index is 1090. The highest BCUT2D eigenvalue weighted by Gasteiger charge is 2.15. The fourth-order valence-corrected chi connectivity index (χ4v) is 4.29. The van der Waals surface area contributed by atoms with E-state index in [1.807, 2.05) is 43.3 Å². The molecule has 1 amide bonds. The highest BCUT2D eigenvalue weighted by atomic mass is 32.2. The van der Waals surface area contributed by atoms with E-state index in [1.54, 1.807) is 35.2 Å². The van der Waals surface area contributed by atoms with E-state index in [2.05, 4.69) is 0 Å². The number of likely N-dealkylation sites (N-methyl/N-ethyl adjacent to an activating group) is 1. The lowest BCUT2D eigenvalue weighted by atomic mass is 10.2. The number of carboxylic acid groups (broad SMARTS) is 1. The molecule has 0 spiro atoms. The average Bonchev–Trinajstić information content (AvgIpc) is 2.83. The first-order chi connectivity index (χ1) is 16.0. The molecule has 0 saturated heterocycles. The van der Waals surface area contributed by atoms with Crippen molar-refractivity contribution < 1.29 is 23.8 Å². The van der Waals surface area contributed by atoms with Crippen LogP contribution in [0.15, 0.2) is 77.7 Å². The molecule has 3 rings (SSSR count). The van der Waals surface area contributed by atoms with E-state index in [0.717, 1.165) is 22.6 Å². The van der Waals surface area contributed by atoms with Crippen LogP contribution in [0.5, 0.6) is 5.75 Å². The molecule has 172 valence electrons. The van der Waals surface area contributed by atoms with Gasteiger partial charge in [0.1, 0.15) is 11.6 Å². The Kier molecular flexibility index (Phi) is 8.89. The summed E-state index contributed by atoms with van der Waals surface area (Å²) in [6, 6.07) is 20.9. The van der Waals surface area contributed by atoms with E-state index >= 15 is 0 Å². The van der Waals surface area contributed by atoms with Gasteiger partial charge < -0.3 is 14.7 Å². The third-order valence-electron chi connectivity index (χ3n) is 5.10. The van der Waals surface area contributed by atoms with E-state index in [1.165, 1.54) is 17.8 Å². The molecule has 0 saturated carbocycles. The first-order valence-electron chi connectivity index (χ1n) is 10.7. The van der Waals surface area contributed by atoms with E-state index < -0.39 is 5.97 Å². The molecular formula is C26H26FNO4S. The van der Waals surface area contributed by atoms with Gasteiger partial charge in [0.05, 0.1) is 5.56 Å². The van der Waals surface area contributed by atoms with Gasteiger partial charge in [-0.05, 0) is 49.2 Å². The summed E-state index contributed by atoms with van der Waals surface area (Å²) in [6.07, 6.45) is 0.768. The minimum atomic E-state index is -0.926. The van der Waals surface area contributed by atoms with Gasteiger partial charge in [-0.25, -0.2) is 9.18 Å². The monoisotopic (exact) mass is 467 g/mol. The first-order valence-corrected chi connectivity index (χ1v) is 11.6. The van der Waals surface area contributed by atoms with Crippen molar-refractivity contribution in [3.63, 3.8) is 0 Å². The second kappa shape index (κ2) is 12.1. The van der Waals surface area contributed by atoms with Crippen molar-refractivity contribution in [1.82, 2.24) is 4.90 Å². The predicted molar refractivity (Wildman–Crippen MR) is 127 cm³/mol. The van der Waals surface area contributed by atoms with Crippen LogP contribution in [0.4, 0.5) is 4.39 Å². The van der Waals surface area contributed by atoms with Crippen molar-refractivity contribution >= 4 is 23.6 Å². The number of thioether (sulfide) groups is 1. The van der Waals surface area contributed by atoms with Crippen LogP contribution in [-0.2, 0) is 17.8 Å². The van der Waals surface area contributed by atoms with Gasteiger partial charge in [0.25, 0.3) is 5.91 Å². The molecule has 0 bridgehead atoms. The van der Waals surface area contributed by atoms with Crippen LogP contribution in [0.1, 0.15) is 28.4 Å². The minimum absolute atomic E-state index is 0.122. The van der Waals surface area contributed by atoms with Gasteiger partial charge in [0.15, 0.2) is 6.61 Å². The Labute approximate surface area is 197 Å². The average molecular weight is 468 g/mol. The van der Waals surface area contributed by atoms with E-state index in [9.17, 15) is 19.1 Å². The van der Waals surface area contributed by atoms with Crippen molar-refractivity contribution in [2.45, 2.75) is 24.8 Å². The van der Waals surface area contributed by atoms with Gasteiger partial charge in [-0.2, -0.15) is 0 Å². The van der Waals surface area contributed by atoms with Gasteiger partial charge in [-0.3, -0.25) is 4.79 Å². The number of hydrogen-bond acceptors (Lipinski definition) is 4. The molecular weight excluding hydrogens is 441 g/mol. The quantitative estimate of drug-likeness (QED) is 0.388. The van der Waals surface area contributed by atoms with Crippen molar-refractivity contribution in [2.24, 2.45) is 0 Å². The molecule has 33 heavy (non-hydrogen) atoms. The molecule has 1 N–H and O–H groups in total. The smallest absolute Gasteiger partial charge is 0.336 e. The molecule has 0 radical (unpaired) electrons. The molecule has 0 heterocycles. The third-order valence-corrected chi connectivity index (χ3v) is 6.18. The summed E-state index contributed by atoms with van der Waals surface area (Å²) in [7, 11) is 0. The van der Waals surface area contributed by atoms with Gasteiger partial charge in [-0.1, -0.05) is 42.5 Å². The van der Waals surface area contributed by atoms with Crippen LogP contribution < -0.4 is 4.74 Å². The summed E-state index contributed by atoms with van der Waals surface area (Å²) in [5.74, 6) is -0.143. The van der Waals surface area contributed by atoms with Crippen molar-refractivity contribution in [3.05, 3.63) is 95.3 Å². The molecule has 0 aliphatic heterocycles. The third kappa shape index (κ3) is 7.08. The zero-order chi connectivity index (χ0) is 23.6. The first kappa shape index (κ1) is 24.3. The Hall–Kier alpha value is -3.32. The summed E-state index contributed by atoms with van der Waals surface area (Å²) in [6.45, 7) is 2.38. The number of halogens is 1. The standard InChI is InChI=1S/C26H26FNO4S/c1-2-28(17-20-7-3-5-9-23(20)27)25(29)18-32-21-13-11-19(12-14-21)15-16-33-24-10-6-4-8-22(24)26(30)31/h3-14H,2,15-18H2,1H3,(H,30,31). The lowest BCUT2D eigenvalue weighted by Crippen LogP contribution is -2.34. The molecule has 7 heteroatoms. The maximum absolute atomic E-state index is 13.9. The number of amides is 1. The molecule has 0 atom stereocenters. The summed E-state index contributed by atoms with van der Waals surface area (Å²) < 4.78 is 19.5. The van der Waals surface area contributed by atoms with Crippen LogP contribution in [0.2, 0.25) is 0 Å². The summed E-state index contributed by atoms with van der Waals surface area (Å²) in [5, 5.41) is 9.27. The maximum Gasteiger partial charge on any atom is 0.336 e. The van der Waals surface area contributed by atoms with Crippen LogP contribution in [0, 0.1) is 5.82 Å². The summed E-state index contributed by atoms with van der Waals surface area (Å²) in [5.41, 5.74) is 1.87. The van der Waals surface area contributed by atoms with Crippen molar-refractivity contribution in [3.8, 4) is 5.75 Å². The van der Waals surface area contributed by atoms with Crippen LogP contribution in [0.25, 0.3) is 0 Å². The van der Waals surface area contributed by atoms with Crippen molar-refractivity contribution in [2.75, 3.05) is 18.9 Å². The number of carbonyl (C=O) groups excluding carboxylic acids is 1. The van der Waals surface area contributed by atoms with E-state index in [0.29, 0.717) is 23.4 Å². The normalized spacial score (nSPS) is 10.6. The summed E-state index contributed by atoms with van der Waals surface area (Å²) in [4.78, 5) is 26.1. The van der Waals surface area contributed by atoms with Gasteiger partial charge in [0.2, 0.25) is 0 Å². The van der Waals surface area contributed by atoms with Gasteiger partial charge in [0, 0.05) is 29.3 Å². The molecule has 0 aliphatic carbocycles. The molecule has 3 aromatic rings. The fraction of sp³-hybridized carbons (Fsp3) is 0.231. The number of carboxylic acids is 1. The highest BCUT2D eigenvalue weighted by Crippen LogP contribution is 2.24. The fourth-order valence-electron chi connectivity index (χ4n) is 3.25. The second-order valence-electron chi connectivity index (χ2n) is 7.33. The van der Waals surface area contributed by atoms with Crippen LogP contribution in [-0.4, -0.2) is 40.8 Å². The van der Waals surface area contributed by atoms with E-state index in [-0.39, 0.29) is 24.9 Å². The molecule has 0 fully saturated rings. The maximum atomic E-state index is 13.9. The number of aryl methyl sites for hydroxylation is 1. The number of rotatable bonds is 11. The minimum Gasteiger partial charge on any atom is -0.484 e. The molecule has 0 unspecified atom stereocenters. The number of aromatic carboxylic acids is 1. The molecule has 0 aromatic heterocycles. The van der Waals surface area contributed by atoms with Gasteiger partial charge in [-0.15, -0.1) is 11.8 Å². The summed E-state index contributed by atoms with van der Waals surface area (Å²) >= 11 is 1.51. The Balaban J connectivity index is 1.47. The van der Waals surface area contributed by atoms with Crippen molar-refractivity contribution in [1.29, 1.82) is 0 Å². The SMILES string of the molecule is CCN(Cc1ccccc1F)C(=O)COc1ccc(CCSc2ccccc2C(=O)O)cc1.